The molecule has 0 radical (unpaired) electrons. The van der Waals surface area contributed by atoms with Crippen LogP contribution in [0.15, 0.2) is 0 Å². The molecule has 0 unspecified atom stereocenters. The van der Waals surface area contributed by atoms with Gasteiger partial charge in [-0.05, 0) is 100 Å². The van der Waals surface area contributed by atoms with Gasteiger partial charge in [0.05, 0.1) is 0 Å². The topological polar surface area (TPSA) is 52.7 Å². The Morgan fingerprint density at radius 1 is 1.00 bits per heavy atom. The smallest absolute Gasteiger partial charge is 0.318 e. The zero-order valence-electron chi connectivity index (χ0n) is 20.3. The molecule has 0 aromatic carbocycles. The predicted octanol–water partition coefficient (Wildman–Crippen LogP) is 4.80. The molecule has 1 heterocycles. The first kappa shape index (κ1) is 21.6. The monoisotopic (exact) mass is 429 g/mol. The lowest BCUT2D eigenvalue weighted by Crippen LogP contribution is -2.62. The van der Waals surface area contributed by atoms with Crippen molar-refractivity contribution in [1.29, 1.82) is 0 Å². The lowest BCUT2D eigenvalue weighted by atomic mass is 9.47. The summed E-state index contributed by atoms with van der Waals surface area (Å²) in [6.45, 7) is 9.16. The van der Waals surface area contributed by atoms with Crippen LogP contribution in [0.4, 0.5) is 4.79 Å². The van der Waals surface area contributed by atoms with Gasteiger partial charge in [0.1, 0.15) is 0 Å². The third-order valence-electron chi connectivity index (χ3n) is 10.4. The van der Waals surface area contributed by atoms with Gasteiger partial charge in [0, 0.05) is 37.6 Å². The van der Waals surface area contributed by atoms with Gasteiger partial charge in [0.15, 0.2) is 0 Å². The lowest BCUT2D eigenvalue weighted by Gasteiger charge is -2.62. The fraction of sp³-hybridized carbons (Fsp3) is 0.923. The molecule has 1 N–H and O–H groups in total. The quantitative estimate of drug-likeness (QED) is 0.700. The van der Waals surface area contributed by atoms with Crippen LogP contribution >= 0.6 is 0 Å². The highest BCUT2D eigenvalue weighted by Crippen LogP contribution is 2.65. The fourth-order valence-corrected chi connectivity index (χ4v) is 8.82. The van der Waals surface area contributed by atoms with Crippen LogP contribution in [0.25, 0.3) is 0 Å². The first-order valence-electron chi connectivity index (χ1n) is 13.0. The van der Waals surface area contributed by atoms with Crippen molar-refractivity contribution in [3.63, 3.8) is 0 Å². The van der Waals surface area contributed by atoms with Gasteiger partial charge >= 0.3 is 6.03 Å². The van der Waals surface area contributed by atoms with E-state index in [1.807, 2.05) is 7.05 Å². The maximum Gasteiger partial charge on any atom is 0.318 e. The number of carbonyl (C=O) groups is 2. The molecule has 0 aromatic rings. The predicted molar refractivity (Wildman–Crippen MR) is 122 cm³/mol. The molecule has 174 valence electrons. The number of nitrogens with zero attached hydrogens (tertiary/aromatic N) is 2. The van der Waals surface area contributed by atoms with Gasteiger partial charge in [-0.1, -0.05) is 13.8 Å². The van der Waals surface area contributed by atoms with Crippen molar-refractivity contribution >= 4 is 11.9 Å². The first-order chi connectivity index (χ1) is 14.7. The highest BCUT2D eigenvalue weighted by atomic mass is 16.2. The Morgan fingerprint density at radius 2 is 1.71 bits per heavy atom. The molecule has 4 aliphatic carbocycles. The van der Waals surface area contributed by atoms with Crippen LogP contribution < -0.4 is 5.32 Å². The number of carbonyl (C=O) groups excluding carboxylic acids is 2. The standard InChI is InChI=1S/C26H43N3O2/c1-16(2)27-24(31)29(17-6-7-17)22-11-9-19-18-8-10-21-25(3,15-13-23(30)28(21)5)20(18)12-14-26(19,22)4/h16-22H,6-15H2,1-5H3,(H,27,31)/t18-,19-,20-,21+,22-,25+,26-/m0/s1. The average Bonchev–Trinajstić information content (AvgIpc) is 3.47. The van der Waals surface area contributed by atoms with E-state index >= 15 is 0 Å². The molecule has 1 saturated heterocycles. The van der Waals surface area contributed by atoms with Crippen molar-refractivity contribution in [2.75, 3.05) is 7.05 Å². The summed E-state index contributed by atoms with van der Waals surface area (Å²) in [5.74, 6) is 2.57. The van der Waals surface area contributed by atoms with Crippen molar-refractivity contribution in [2.45, 2.75) is 116 Å². The molecule has 0 spiro atoms. The molecule has 5 heteroatoms. The van der Waals surface area contributed by atoms with Crippen molar-refractivity contribution in [3.8, 4) is 0 Å². The van der Waals surface area contributed by atoms with Gasteiger partial charge in [0.25, 0.3) is 0 Å². The highest BCUT2D eigenvalue weighted by Gasteiger charge is 2.62. The van der Waals surface area contributed by atoms with Gasteiger partial charge < -0.3 is 15.1 Å². The van der Waals surface area contributed by atoms with Crippen LogP contribution in [0.1, 0.15) is 91.9 Å². The lowest BCUT2D eigenvalue weighted by molar-refractivity contribution is -0.158. The summed E-state index contributed by atoms with van der Waals surface area (Å²) in [5.41, 5.74) is 0.522. The summed E-state index contributed by atoms with van der Waals surface area (Å²) < 4.78 is 0. The Morgan fingerprint density at radius 3 is 2.39 bits per heavy atom. The minimum atomic E-state index is 0.176. The maximum atomic E-state index is 13.2. The van der Waals surface area contributed by atoms with Crippen molar-refractivity contribution < 1.29 is 9.59 Å². The summed E-state index contributed by atoms with van der Waals surface area (Å²) in [6.07, 6.45) is 11.5. The van der Waals surface area contributed by atoms with Gasteiger partial charge in [-0.2, -0.15) is 0 Å². The van der Waals surface area contributed by atoms with E-state index in [1.54, 1.807) is 0 Å². The molecular weight excluding hydrogens is 386 g/mol. The van der Waals surface area contributed by atoms with Gasteiger partial charge in [-0.25, -0.2) is 4.79 Å². The van der Waals surface area contributed by atoms with Crippen LogP contribution in [-0.2, 0) is 4.79 Å². The van der Waals surface area contributed by atoms with Gasteiger partial charge in [-0.15, -0.1) is 0 Å². The molecule has 0 bridgehead atoms. The van der Waals surface area contributed by atoms with E-state index in [4.69, 9.17) is 0 Å². The summed E-state index contributed by atoms with van der Waals surface area (Å²) in [5, 5.41) is 3.21. The van der Waals surface area contributed by atoms with Gasteiger partial charge in [0.2, 0.25) is 5.91 Å². The van der Waals surface area contributed by atoms with E-state index in [1.165, 1.54) is 44.9 Å². The average molecular weight is 430 g/mol. The third kappa shape index (κ3) is 3.23. The second-order valence-corrected chi connectivity index (χ2v) is 12.4. The molecule has 5 rings (SSSR count). The second kappa shape index (κ2) is 7.38. The van der Waals surface area contributed by atoms with Crippen molar-refractivity contribution in [1.82, 2.24) is 15.1 Å². The number of urea groups is 1. The van der Waals surface area contributed by atoms with Crippen LogP contribution in [0.5, 0.6) is 0 Å². The van der Waals surface area contributed by atoms with E-state index in [-0.39, 0.29) is 22.9 Å². The Hall–Kier alpha value is -1.26. The molecule has 3 amide bonds. The Kier molecular flexibility index (Phi) is 5.14. The molecule has 0 aromatic heterocycles. The number of amides is 3. The van der Waals surface area contributed by atoms with E-state index in [0.717, 1.165) is 37.0 Å². The molecule has 5 fully saturated rings. The fourth-order valence-electron chi connectivity index (χ4n) is 8.82. The molecule has 4 saturated carbocycles. The minimum Gasteiger partial charge on any atom is -0.342 e. The van der Waals surface area contributed by atoms with E-state index in [0.29, 0.717) is 24.0 Å². The third-order valence-corrected chi connectivity index (χ3v) is 10.4. The number of nitrogens with one attached hydrogen (secondary N) is 1. The number of hydrogen-bond donors (Lipinski definition) is 1. The van der Waals surface area contributed by atoms with E-state index < -0.39 is 0 Å². The van der Waals surface area contributed by atoms with Crippen molar-refractivity contribution in [3.05, 3.63) is 0 Å². The van der Waals surface area contributed by atoms with Gasteiger partial charge in [-0.3, -0.25) is 4.79 Å². The number of fused-ring (bicyclic) bond motifs is 5. The number of piperidine rings is 1. The van der Waals surface area contributed by atoms with Crippen LogP contribution in [0, 0.1) is 28.6 Å². The zero-order valence-corrected chi connectivity index (χ0v) is 20.3. The number of hydrogen-bond acceptors (Lipinski definition) is 2. The van der Waals surface area contributed by atoms with Crippen LogP contribution in [0.3, 0.4) is 0 Å². The molecular formula is C26H43N3O2. The Bertz CT molecular complexity index is 749. The van der Waals surface area contributed by atoms with Crippen LogP contribution in [0.2, 0.25) is 0 Å². The first-order valence-corrected chi connectivity index (χ1v) is 13.0. The summed E-state index contributed by atoms with van der Waals surface area (Å²) >= 11 is 0. The minimum absolute atomic E-state index is 0.176. The number of likely N-dealkylation sites (tertiary alicyclic amines) is 1. The Labute approximate surface area is 188 Å². The number of rotatable bonds is 3. The Balaban J connectivity index is 1.39. The second-order valence-electron chi connectivity index (χ2n) is 12.4. The normalized spacial score (nSPS) is 44.5. The maximum absolute atomic E-state index is 13.2. The largest absolute Gasteiger partial charge is 0.342 e. The van der Waals surface area contributed by atoms with E-state index in [2.05, 4.69) is 42.8 Å². The molecule has 7 atom stereocenters. The SMILES string of the molecule is CC(C)NC(=O)N(C1CC1)[C@H]1CC[C@H]2[C@@H]3CC[C@H]4N(C)C(=O)CC[C@]4(C)[C@H]3CC[C@]12C. The molecule has 1 aliphatic heterocycles. The highest BCUT2D eigenvalue weighted by molar-refractivity contribution is 5.77. The molecule has 31 heavy (non-hydrogen) atoms. The molecule has 5 nitrogen and oxygen atoms in total. The molecule has 5 aliphatic rings. The van der Waals surface area contributed by atoms with Crippen LogP contribution in [-0.4, -0.2) is 53.0 Å². The van der Waals surface area contributed by atoms with E-state index in [9.17, 15) is 9.59 Å². The van der Waals surface area contributed by atoms with Crippen molar-refractivity contribution in [2.24, 2.45) is 28.6 Å². The summed E-state index contributed by atoms with van der Waals surface area (Å²) in [4.78, 5) is 30.0. The zero-order chi connectivity index (χ0) is 22.1. The summed E-state index contributed by atoms with van der Waals surface area (Å²) in [7, 11) is 2.05. The summed E-state index contributed by atoms with van der Waals surface area (Å²) in [6, 6.07) is 1.65.